The lowest BCUT2D eigenvalue weighted by atomic mass is 10.0. The van der Waals surface area contributed by atoms with Crippen molar-refractivity contribution in [1.29, 1.82) is 5.26 Å². The van der Waals surface area contributed by atoms with Crippen LogP contribution in [0.3, 0.4) is 0 Å². The Morgan fingerprint density at radius 3 is 2.94 bits per heavy atom. The van der Waals surface area contributed by atoms with Crippen LogP contribution in [0.15, 0.2) is 18.5 Å². The molecule has 166 valence electrons. The van der Waals surface area contributed by atoms with Crippen molar-refractivity contribution in [1.82, 2.24) is 24.2 Å². The van der Waals surface area contributed by atoms with E-state index in [4.69, 9.17) is 4.74 Å². The maximum atomic E-state index is 12.7. The van der Waals surface area contributed by atoms with Crippen LogP contribution in [0.4, 0.5) is 15.6 Å². The number of hydrogen-bond donors (Lipinski definition) is 2. The summed E-state index contributed by atoms with van der Waals surface area (Å²) >= 11 is 1.16. The van der Waals surface area contributed by atoms with Gasteiger partial charge in [-0.15, -0.1) is 0 Å². The zero-order valence-corrected chi connectivity index (χ0v) is 18.7. The van der Waals surface area contributed by atoms with Gasteiger partial charge in [0.25, 0.3) is 0 Å². The molecular formula is C21H24N8O2S. The molecule has 3 atom stereocenters. The van der Waals surface area contributed by atoms with Crippen LogP contribution >= 0.6 is 11.5 Å². The highest BCUT2D eigenvalue weighted by Crippen LogP contribution is 2.42. The molecular weight excluding hydrogens is 428 g/mol. The van der Waals surface area contributed by atoms with E-state index in [2.05, 4.69) is 42.7 Å². The van der Waals surface area contributed by atoms with Gasteiger partial charge in [-0.1, -0.05) is 0 Å². The molecule has 2 amide bonds. The van der Waals surface area contributed by atoms with E-state index in [1.807, 2.05) is 17.2 Å². The van der Waals surface area contributed by atoms with Gasteiger partial charge in [-0.25, -0.2) is 14.8 Å². The number of carbonyl (C=O) groups excluding carboxylic acids is 1. The number of nitriles is 1. The molecule has 2 fully saturated rings. The third kappa shape index (κ3) is 3.65. The molecule has 0 bridgehead atoms. The van der Waals surface area contributed by atoms with E-state index in [1.54, 1.807) is 13.3 Å². The second kappa shape index (κ2) is 8.37. The van der Waals surface area contributed by atoms with Gasteiger partial charge in [0.2, 0.25) is 5.13 Å². The summed E-state index contributed by atoms with van der Waals surface area (Å²) in [5, 5.41) is 13.9. The highest BCUT2D eigenvalue weighted by atomic mass is 32.1. The lowest BCUT2D eigenvalue weighted by Crippen LogP contribution is -2.36. The number of H-pyrrole nitrogens is 1. The number of pyridine rings is 1. The number of likely N-dealkylation sites (tertiary alicyclic amines) is 1. The molecule has 0 radical (unpaired) electrons. The number of amides is 2. The van der Waals surface area contributed by atoms with Gasteiger partial charge in [0, 0.05) is 62.6 Å². The van der Waals surface area contributed by atoms with Crippen LogP contribution in [0.5, 0.6) is 0 Å². The number of nitrogens with one attached hydrogen (secondary N) is 2. The first-order valence-corrected chi connectivity index (χ1v) is 11.3. The van der Waals surface area contributed by atoms with Gasteiger partial charge in [-0.2, -0.15) is 9.64 Å². The quantitative estimate of drug-likeness (QED) is 0.610. The summed E-state index contributed by atoms with van der Waals surface area (Å²) < 4.78 is 9.19. The van der Waals surface area contributed by atoms with Crippen molar-refractivity contribution in [2.75, 3.05) is 37.5 Å². The molecule has 10 nitrogen and oxygen atoms in total. The minimum atomic E-state index is -0.126. The zero-order valence-electron chi connectivity index (χ0n) is 17.9. The van der Waals surface area contributed by atoms with Crippen LogP contribution in [0, 0.1) is 23.2 Å². The first-order valence-electron chi connectivity index (χ1n) is 10.5. The fourth-order valence-corrected chi connectivity index (χ4v) is 5.62. The van der Waals surface area contributed by atoms with Crippen molar-refractivity contribution >= 4 is 39.4 Å². The number of carbonyl (C=O) groups is 1. The third-order valence-electron chi connectivity index (χ3n) is 6.55. The maximum absolute atomic E-state index is 12.7. The Hall–Kier alpha value is -3.23. The number of fused-ring (bicyclic) bond motifs is 2. The number of aromatic amines is 1. The molecule has 2 unspecified atom stereocenters. The number of ether oxygens (including phenoxy) is 1. The SMILES string of the molecule is COCc1nsc(NC(=O)N2CC3CC(N(C)c4c(C#N)cnc5[nH]ccc45)C[C@@H]3C2)n1. The Morgan fingerprint density at radius 1 is 1.44 bits per heavy atom. The fourth-order valence-electron chi connectivity index (χ4n) is 5.05. The third-order valence-corrected chi connectivity index (χ3v) is 7.22. The number of rotatable bonds is 5. The van der Waals surface area contributed by atoms with Crippen molar-refractivity contribution < 1.29 is 9.53 Å². The van der Waals surface area contributed by atoms with E-state index >= 15 is 0 Å². The number of methoxy groups -OCH3 is 1. The zero-order chi connectivity index (χ0) is 22.2. The van der Waals surface area contributed by atoms with Crippen LogP contribution in [-0.4, -0.2) is 63.5 Å². The molecule has 2 aliphatic rings. The molecule has 2 N–H and O–H groups in total. The number of aromatic nitrogens is 4. The number of urea groups is 1. The van der Waals surface area contributed by atoms with Gasteiger partial charge in [-0.05, 0) is 30.7 Å². The summed E-state index contributed by atoms with van der Waals surface area (Å²) in [6.45, 7) is 1.78. The Balaban J connectivity index is 1.24. The molecule has 1 saturated heterocycles. The summed E-state index contributed by atoms with van der Waals surface area (Å²) in [6.07, 6.45) is 5.46. The van der Waals surface area contributed by atoms with Gasteiger partial charge >= 0.3 is 6.03 Å². The first-order chi connectivity index (χ1) is 15.6. The normalized spacial score (nSPS) is 22.2. The molecule has 11 heteroatoms. The molecule has 4 heterocycles. The first kappa shape index (κ1) is 20.7. The smallest absolute Gasteiger partial charge is 0.323 e. The van der Waals surface area contributed by atoms with Crippen molar-refractivity contribution in [2.45, 2.75) is 25.5 Å². The standard InChI is InChI=1S/C21H24N8O2S/c1-28(18-14(7-22)8-24-19-16(18)3-4-23-19)15-5-12-9-29(10-13(12)6-15)21(30)26-20-25-17(11-31-2)27-32-20/h3-4,8,12-13,15H,5-6,9-11H2,1-2H3,(H,23,24)(H,25,26,27,30)/t12-,13?,15?/m1/s1. The average Bonchev–Trinajstić information content (AvgIpc) is 3.55. The molecule has 5 rings (SSSR count). The lowest BCUT2D eigenvalue weighted by molar-refractivity contribution is 0.179. The molecule has 3 aromatic heterocycles. The monoisotopic (exact) mass is 452 g/mol. The van der Waals surface area contributed by atoms with Crippen LogP contribution in [-0.2, 0) is 11.3 Å². The second-order valence-corrected chi connectivity index (χ2v) is 9.16. The highest BCUT2D eigenvalue weighted by molar-refractivity contribution is 7.09. The Morgan fingerprint density at radius 2 is 2.22 bits per heavy atom. The molecule has 1 aliphatic carbocycles. The summed E-state index contributed by atoms with van der Waals surface area (Å²) in [7, 11) is 3.65. The minimum Gasteiger partial charge on any atom is -0.377 e. The predicted molar refractivity (Wildman–Crippen MR) is 120 cm³/mol. The van der Waals surface area contributed by atoms with E-state index in [1.165, 1.54) is 0 Å². The van der Waals surface area contributed by atoms with Crippen molar-refractivity contribution in [3.63, 3.8) is 0 Å². The Kier molecular flexibility index (Phi) is 5.40. The summed E-state index contributed by atoms with van der Waals surface area (Å²) in [5.41, 5.74) is 2.31. The largest absolute Gasteiger partial charge is 0.377 e. The van der Waals surface area contributed by atoms with E-state index in [0.717, 1.165) is 54.2 Å². The van der Waals surface area contributed by atoms with Crippen molar-refractivity contribution in [2.24, 2.45) is 11.8 Å². The van der Waals surface area contributed by atoms with Crippen LogP contribution in [0.25, 0.3) is 11.0 Å². The predicted octanol–water partition coefficient (Wildman–Crippen LogP) is 2.81. The van der Waals surface area contributed by atoms with E-state index in [-0.39, 0.29) is 6.03 Å². The molecule has 0 aromatic carbocycles. The number of anilines is 2. The molecule has 32 heavy (non-hydrogen) atoms. The minimum absolute atomic E-state index is 0.126. The van der Waals surface area contributed by atoms with Gasteiger partial charge in [0.05, 0.1) is 11.3 Å². The lowest BCUT2D eigenvalue weighted by Gasteiger charge is -2.29. The van der Waals surface area contributed by atoms with E-state index < -0.39 is 0 Å². The fraction of sp³-hybridized carbons (Fsp3) is 0.476. The average molecular weight is 453 g/mol. The summed E-state index contributed by atoms with van der Waals surface area (Å²) in [5.74, 6) is 1.46. The van der Waals surface area contributed by atoms with Crippen LogP contribution in [0.1, 0.15) is 24.2 Å². The van der Waals surface area contributed by atoms with Gasteiger partial charge in [0.1, 0.15) is 18.3 Å². The topological polar surface area (TPSA) is 123 Å². The second-order valence-electron chi connectivity index (χ2n) is 8.41. The Bertz CT molecular complexity index is 1170. The van der Waals surface area contributed by atoms with Crippen molar-refractivity contribution in [3.8, 4) is 6.07 Å². The number of nitrogens with zero attached hydrogens (tertiary/aromatic N) is 6. The Labute approximate surface area is 189 Å². The summed E-state index contributed by atoms with van der Waals surface area (Å²) in [4.78, 5) is 28.6. The molecule has 1 aliphatic heterocycles. The van der Waals surface area contributed by atoms with Gasteiger partial charge in [0.15, 0.2) is 5.82 Å². The van der Waals surface area contributed by atoms with Crippen LogP contribution < -0.4 is 10.2 Å². The van der Waals surface area contributed by atoms with Gasteiger partial charge in [-0.3, -0.25) is 5.32 Å². The summed E-state index contributed by atoms with van der Waals surface area (Å²) in [6, 6.07) is 4.46. The molecule has 0 spiro atoms. The van der Waals surface area contributed by atoms with Gasteiger partial charge < -0.3 is 19.5 Å². The molecule has 3 aromatic rings. The number of hydrogen-bond acceptors (Lipinski definition) is 8. The highest BCUT2D eigenvalue weighted by Gasteiger charge is 2.44. The molecule has 1 saturated carbocycles. The van der Waals surface area contributed by atoms with E-state index in [0.29, 0.717) is 41.0 Å². The van der Waals surface area contributed by atoms with E-state index in [9.17, 15) is 10.1 Å². The maximum Gasteiger partial charge on any atom is 0.323 e. The van der Waals surface area contributed by atoms with Crippen molar-refractivity contribution in [3.05, 3.63) is 29.8 Å². The van der Waals surface area contributed by atoms with Crippen LogP contribution in [0.2, 0.25) is 0 Å².